The van der Waals surface area contributed by atoms with E-state index in [0.29, 0.717) is 0 Å². The molecule has 0 aliphatic rings. The molecule has 0 unspecified atom stereocenters. The summed E-state index contributed by atoms with van der Waals surface area (Å²) >= 11 is 0. The van der Waals surface area contributed by atoms with Crippen molar-refractivity contribution in [2.75, 3.05) is 0 Å². The largest absolute Gasteiger partial charge is 0.475 e. The average Bonchev–Trinajstić information content (AvgIpc) is 2.48. The Morgan fingerprint density at radius 2 is 2.15 bits per heavy atom. The van der Waals surface area contributed by atoms with Gasteiger partial charge >= 0.3 is 5.97 Å². The molecule has 68 valence electrons. The van der Waals surface area contributed by atoms with Crippen LogP contribution in [0.15, 0.2) is 22.6 Å². The van der Waals surface area contributed by atoms with Crippen LogP contribution in [0.25, 0.3) is 6.08 Å². The van der Waals surface area contributed by atoms with Gasteiger partial charge in [-0.25, -0.2) is 4.79 Å². The lowest BCUT2D eigenvalue weighted by Crippen LogP contribution is -2.04. The van der Waals surface area contributed by atoms with E-state index in [1.165, 1.54) is 18.2 Å². The number of carboxylic acid groups (broad SMARTS) is 1. The number of carbonyl (C=O) groups is 2. The topological polar surface area (TPSA) is 93.5 Å². The molecular weight excluding hydrogens is 174 g/mol. The highest BCUT2D eigenvalue weighted by Gasteiger charge is 2.06. The summed E-state index contributed by atoms with van der Waals surface area (Å²) in [4.78, 5) is 20.6. The van der Waals surface area contributed by atoms with Crippen LogP contribution in [0.4, 0.5) is 0 Å². The molecule has 1 amide bonds. The molecule has 1 rings (SSSR count). The lowest BCUT2D eigenvalue weighted by Gasteiger charge is -1.85. The Bertz CT molecular complexity index is 364. The van der Waals surface area contributed by atoms with Gasteiger partial charge in [-0.3, -0.25) is 4.79 Å². The maximum Gasteiger partial charge on any atom is 0.371 e. The molecule has 3 N–H and O–H groups in total. The number of rotatable bonds is 3. The zero-order valence-electron chi connectivity index (χ0n) is 6.56. The van der Waals surface area contributed by atoms with Crippen molar-refractivity contribution in [3.63, 3.8) is 0 Å². The van der Waals surface area contributed by atoms with Crippen molar-refractivity contribution in [2.24, 2.45) is 5.73 Å². The molecule has 0 fully saturated rings. The Balaban J connectivity index is 2.80. The summed E-state index contributed by atoms with van der Waals surface area (Å²) < 4.78 is 4.80. The summed E-state index contributed by atoms with van der Waals surface area (Å²) in [6, 6.07) is 2.73. The molecule has 5 nitrogen and oxygen atoms in total. The van der Waals surface area contributed by atoms with Crippen molar-refractivity contribution in [1.82, 2.24) is 0 Å². The summed E-state index contributed by atoms with van der Waals surface area (Å²) in [6.45, 7) is 0. The first kappa shape index (κ1) is 9.05. The zero-order valence-corrected chi connectivity index (χ0v) is 6.56. The van der Waals surface area contributed by atoms with Crippen LogP contribution in [0.1, 0.15) is 16.3 Å². The molecule has 0 spiro atoms. The molecule has 1 heterocycles. The molecule has 5 heteroatoms. The van der Waals surface area contributed by atoms with Crippen molar-refractivity contribution >= 4 is 18.0 Å². The number of carbonyl (C=O) groups excluding carboxylic acids is 1. The first-order valence-electron chi connectivity index (χ1n) is 3.40. The van der Waals surface area contributed by atoms with Crippen LogP contribution in [0, 0.1) is 0 Å². The number of hydrogen-bond donors (Lipinski definition) is 2. The van der Waals surface area contributed by atoms with Crippen LogP contribution in [0.5, 0.6) is 0 Å². The second-order valence-corrected chi connectivity index (χ2v) is 2.24. The molecule has 0 aliphatic carbocycles. The molecule has 0 atom stereocenters. The van der Waals surface area contributed by atoms with Gasteiger partial charge in [0.05, 0.1) is 0 Å². The maximum atomic E-state index is 10.3. The van der Waals surface area contributed by atoms with Crippen molar-refractivity contribution in [2.45, 2.75) is 0 Å². The quantitative estimate of drug-likeness (QED) is 0.663. The zero-order chi connectivity index (χ0) is 9.84. The van der Waals surface area contributed by atoms with Crippen molar-refractivity contribution in [3.05, 3.63) is 29.7 Å². The van der Waals surface area contributed by atoms with Crippen LogP contribution in [-0.2, 0) is 4.79 Å². The molecule has 0 bridgehead atoms. The minimum atomic E-state index is -1.15. The molecule has 0 aromatic carbocycles. The van der Waals surface area contributed by atoms with Crippen LogP contribution < -0.4 is 5.73 Å². The van der Waals surface area contributed by atoms with E-state index in [1.807, 2.05) is 0 Å². The van der Waals surface area contributed by atoms with Gasteiger partial charge in [-0.1, -0.05) is 0 Å². The fourth-order valence-electron chi connectivity index (χ4n) is 0.722. The minimum absolute atomic E-state index is 0.177. The van der Waals surface area contributed by atoms with Gasteiger partial charge in [0.15, 0.2) is 0 Å². The molecule has 1 aromatic heterocycles. The third-order valence-corrected chi connectivity index (χ3v) is 1.25. The van der Waals surface area contributed by atoms with E-state index in [9.17, 15) is 9.59 Å². The Kier molecular flexibility index (Phi) is 2.49. The van der Waals surface area contributed by atoms with E-state index in [1.54, 1.807) is 0 Å². The monoisotopic (exact) mass is 181 g/mol. The van der Waals surface area contributed by atoms with Gasteiger partial charge in [-0.05, 0) is 18.2 Å². The van der Waals surface area contributed by atoms with E-state index in [0.717, 1.165) is 6.08 Å². The Morgan fingerprint density at radius 1 is 1.46 bits per heavy atom. The van der Waals surface area contributed by atoms with E-state index in [-0.39, 0.29) is 11.5 Å². The third-order valence-electron chi connectivity index (χ3n) is 1.25. The lowest BCUT2D eigenvalue weighted by atomic mass is 10.4. The lowest BCUT2D eigenvalue weighted by molar-refractivity contribution is -0.113. The minimum Gasteiger partial charge on any atom is -0.475 e. The van der Waals surface area contributed by atoms with Gasteiger partial charge in [0, 0.05) is 6.08 Å². The van der Waals surface area contributed by atoms with Crippen molar-refractivity contribution in [3.8, 4) is 0 Å². The average molecular weight is 181 g/mol. The Labute approximate surface area is 73.5 Å². The number of carboxylic acids is 1. The number of aromatic carboxylic acids is 1. The van der Waals surface area contributed by atoms with Gasteiger partial charge in [0.25, 0.3) is 0 Å². The molecular formula is C8H7NO4. The van der Waals surface area contributed by atoms with E-state index < -0.39 is 11.9 Å². The molecule has 13 heavy (non-hydrogen) atoms. The van der Waals surface area contributed by atoms with Gasteiger partial charge in [0.1, 0.15) is 5.76 Å². The van der Waals surface area contributed by atoms with Crippen LogP contribution in [-0.4, -0.2) is 17.0 Å². The number of nitrogens with two attached hydrogens (primary N) is 1. The van der Waals surface area contributed by atoms with Crippen LogP contribution >= 0.6 is 0 Å². The van der Waals surface area contributed by atoms with E-state index in [4.69, 9.17) is 15.3 Å². The van der Waals surface area contributed by atoms with Gasteiger partial charge in [0.2, 0.25) is 11.7 Å². The summed E-state index contributed by atoms with van der Waals surface area (Å²) in [5.74, 6) is -1.67. The summed E-state index contributed by atoms with van der Waals surface area (Å²) in [5, 5.41) is 8.47. The standard InChI is InChI=1S/C8H7NO4/c9-7(10)4-2-5-1-3-6(13-5)8(11)12/h1-4H,(H2,9,10)(H,11,12). The van der Waals surface area contributed by atoms with Crippen molar-refractivity contribution < 1.29 is 19.1 Å². The maximum absolute atomic E-state index is 10.3. The van der Waals surface area contributed by atoms with Gasteiger partial charge in [-0.2, -0.15) is 0 Å². The predicted octanol–water partition coefficient (Wildman–Crippen LogP) is 0.476. The second-order valence-electron chi connectivity index (χ2n) is 2.24. The van der Waals surface area contributed by atoms with Crippen molar-refractivity contribution in [1.29, 1.82) is 0 Å². The molecule has 0 aliphatic heterocycles. The summed E-state index contributed by atoms with van der Waals surface area (Å²) in [6.07, 6.45) is 2.39. The first-order chi connectivity index (χ1) is 6.09. The highest BCUT2D eigenvalue weighted by molar-refractivity contribution is 5.90. The highest BCUT2D eigenvalue weighted by atomic mass is 16.4. The number of amides is 1. The predicted molar refractivity (Wildman–Crippen MR) is 43.9 cm³/mol. The van der Waals surface area contributed by atoms with Gasteiger partial charge < -0.3 is 15.3 Å². The first-order valence-corrected chi connectivity index (χ1v) is 3.40. The second kappa shape index (κ2) is 3.57. The van der Waals surface area contributed by atoms with Crippen LogP contribution in [0.3, 0.4) is 0 Å². The summed E-state index contributed by atoms with van der Waals surface area (Å²) in [7, 11) is 0. The molecule has 0 saturated carbocycles. The Morgan fingerprint density at radius 3 is 2.62 bits per heavy atom. The third kappa shape index (κ3) is 2.48. The number of furan rings is 1. The number of primary amides is 1. The van der Waals surface area contributed by atoms with E-state index >= 15 is 0 Å². The number of hydrogen-bond acceptors (Lipinski definition) is 3. The molecule has 0 saturated heterocycles. The SMILES string of the molecule is NC(=O)C=Cc1ccc(C(=O)O)o1. The Hall–Kier alpha value is -2.04. The van der Waals surface area contributed by atoms with Gasteiger partial charge in [-0.15, -0.1) is 0 Å². The molecule has 1 aromatic rings. The normalized spacial score (nSPS) is 10.5. The summed E-state index contributed by atoms with van der Waals surface area (Å²) in [5.41, 5.74) is 4.82. The van der Waals surface area contributed by atoms with Crippen LogP contribution in [0.2, 0.25) is 0 Å². The molecule has 0 radical (unpaired) electrons. The fourth-order valence-corrected chi connectivity index (χ4v) is 0.722. The van der Waals surface area contributed by atoms with E-state index in [2.05, 4.69) is 0 Å². The highest BCUT2D eigenvalue weighted by Crippen LogP contribution is 2.08. The smallest absolute Gasteiger partial charge is 0.371 e. The fraction of sp³-hybridized carbons (Fsp3) is 0.